The van der Waals surface area contributed by atoms with Crippen molar-refractivity contribution in [1.82, 2.24) is 9.71 Å². The summed E-state index contributed by atoms with van der Waals surface area (Å²) in [6, 6.07) is -1.20. The predicted molar refractivity (Wildman–Crippen MR) is 61.7 cm³/mol. The highest BCUT2D eigenvalue weighted by Gasteiger charge is 2.26. The zero-order chi connectivity index (χ0) is 13.2. The fourth-order valence-electron chi connectivity index (χ4n) is 1.20. The quantitative estimate of drug-likeness (QED) is 0.695. The highest BCUT2D eigenvalue weighted by Crippen LogP contribution is 2.16. The van der Waals surface area contributed by atoms with Crippen LogP contribution in [0.15, 0.2) is 9.00 Å². The van der Waals surface area contributed by atoms with E-state index in [4.69, 9.17) is 5.11 Å². The van der Waals surface area contributed by atoms with Crippen LogP contribution in [-0.4, -0.2) is 30.5 Å². The lowest BCUT2D eigenvalue weighted by Gasteiger charge is -2.11. The van der Waals surface area contributed by atoms with Crippen molar-refractivity contribution in [3.05, 3.63) is 15.4 Å². The third kappa shape index (κ3) is 3.14. The number of sulfonamides is 1. The largest absolute Gasteiger partial charge is 0.480 e. The predicted octanol–water partition coefficient (Wildman–Crippen LogP) is -0.114. The maximum absolute atomic E-state index is 11.8. The van der Waals surface area contributed by atoms with Crippen molar-refractivity contribution in [3.8, 4) is 0 Å². The SMILES string of the molecule is CC[C@H](NS(=O)(=O)c1sc(=O)[nH]c1C)C(=O)O. The van der Waals surface area contributed by atoms with Crippen molar-refractivity contribution in [2.75, 3.05) is 0 Å². The minimum atomic E-state index is -3.97. The molecule has 0 aliphatic carbocycles. The van der Waals surface area contributed by atoms with Gasteiger partial charge in [0.1, 0.15) is 6.04 Å². The topological polar surface area (TPSA) is 116 Å². The highest BCUT2D eigenvalue weighted by atomic mass is 32.2. The van der Waals surface area contributed by atoms with Gasteiger partial charge in [0.2, 0.25) is 0 Å². The molecule has 0 unspecified atom stereocenters. The number of hydrogen-bond acceptors (Lipinski definition) is 5. The number of H-pyrrole nitrogens is 1. The Hall–Kier alpha value is -1.19. The number of aromatic nitrogens is 1. The van der Waals surface area contributed by atoms with Crippen LogP contribution in [0.3, 0.4) is 0 Å². The van der Waals surface area contributed by atoms with Gasteiger partial charge >= 0.3 is 10.8 Å². The Bertz CT molecular complexity index is 571. The number of aryl methyl sites for hydroxylation is 1. The first-order chi connectivity index (χ1) is 7.77. The van der Waals surface area contributed by atoms with Crippen molar-refractivity contribution in [2.24, 2.45) is 0 Å². The van der Waals surface area contributed by atoms with Gasteiger partial charge in [0, 0.05) is 5.69 Å². The summed E-state index contributed by atoms with van der Waals surface area (Å²) in [6.45, 7) is 2.99. The number of thiazole rings is 1. The van der Waals surface area contributed by atoms with E-state index in [9.17, 15) is 18.0 Å². The van der Waals surface area contributed by atoms with E-state index in [1.54, 1.807) is 6.92 Å². The summed E-state index contributed by atoms with van der Waals surface area (Å²) >= 11 is 0.531. The van der Waals surface area contributed by atoms with Crippen LogP contribution in [0, 0.1) is 6.92 Å². The zero-order valence-electron chi connectivity index (χ0n) is 9.18. The van der Waals surface area contributed by atoms with Crippen molar-refractivity contribution in [3.63, 3.8) is 0 Å². The molecular formula is C8H12N2O5S2. The summed E-state index contributed by atoms with van der Waals surface area (Å²) in [5.74, 6) is -1.25. The van der Waals surface area contributed by atoms with E-state index in [1.165, 1.54) is 6.92 Å². The summed E-state index contributed by atoms with van der Waals surface area (Å²) in [5.41, 5.74) is 0.202. The molecule has 0 aliphatic heterocycles. The Morgan fingerprint density at radius 3 is 2.53 bits per heavy atom. The van der Waals surface area contributed by atoms with Gasteiger partial charge < -0.3 is 10.1 Å². The third-order valence-corrected chi connectivity index (χ3v) is 5.11. The summed E-state index contributed by atoms with van der Waals surface area (Å²) < 4.78 is 25.5. The molecule has 1 heterocycles. The standard InChI is InChI=1S/C8H12N2O5S2/c1-3-5(6(11)12)10-17(14,15)7-4(2)9-8(13)16-7/h5,10H,3H2,1-2H3,(H,9,13)(H,11,12)/t5-/m0/s1. The van der Waals surface area contributed by atoms with Crippen LogP contribution in [0.25, 0.3) is 0 Å². The Kier molecular flexibility index (Phi) is 4.07. The van der Waals surface area contributed by atoms with E-state index < -0.39 is 26.9 Å². The second-order valence-corrected chi connectivity index (χ2v) is 6.24. The Balaban J connectivity index is 3.08. The molecule has 7 nitrogen and oxygen atoms in total. The van der Waals surface area contributed by atoms with Crippen LogP contribution >= 0.6 is 11.3 Å². The smallest absolute Gasteiger partial charge is 0.321 e. The second kappa shape index (κ2) is 4.98. The minimum Gasteiger partial charge on any atom is -0.480 e. The lowest BCUT2D eigenvalue weighted by Crippen LogP contribution is -2.40. The number of rotatable bonds is 5. The first-order valence-electron chi connectivity index (χ1n) is 4.72. The number of carboxylic acid groups (broad SMARTS) is 1. The summed E-state index contributed by atoms with van der Waals surface area (Å²) in [7, 11) is -3.97. The molecule has 3 N–H and O–H groups in total. The first-order valence-corrected chi connectivity index (χ1v) is 7.02. The number of carboxylic acids is 1. The average molecular weight is 280 g/mol. The molecule has 0 saturated carbocycles. The summed E-state index contributed by atoms with van der Waals surface area (Å²) in [6.07, 6.45) is 0.118. The molecule has 1 aromatic rings. The molecule has 0 radical (unpaired) electrons. The second-order valence-electron chi connectivity index (χ2n) is 3.35. The zero-order valence-corrected chi connectivity index (χ0v) is 10.8. The van der Waals surface area contributed by atoms with Crippen molar-refractivity contribution >= 4 is 27.3 Å². The van der Waals surface area contributed by atoms with Crippen molar-refractivity contribution in [1.29, 1.82) is 0 Å². The lowest BCUT2D eigenvalue weighted by molar-refractivity contribution is -0.139. The molecule has 0 spiro atoms. The van der Waals surface area contributed by atoms with Gasteiger partial charge in [-0.2, -0.15) is 4.72 Å². The molecule has 0 aromatic carbocycles. The fourth-order valence-corrected chi connectivity index (χ4v) is 3.79. The van der Waals surface area contributed by atoms with E-state index in [2.05, 4.69) is 4.98 Å². The van der Waals surface area contributed by atoms with Gasteiger partial charge in [-0.15, -0.1) is 0 Å². The van der Waals surface area contributed by atoms with Crippen LogP contribution in [0.4, 0.5) is 0 Å². The number of aromatic amines is 1. The Labute approximate surface area is 102 Å². The van der Waals surface area contributed by atoms with Gasteiger partial charge in [-0.3, -0.25) is 9.59 Å². The molecule has 9 heteroatoms. The van der Waals surface area contributed by atoms with Crippen LogP contribution in [0.1, 0.15) is 19.0 Å². The number of hydrogen-bond donors (Lipinski definition) is 3. The van der Waals surface area contributed by atoms with E-state index in [0.717, 1.165) is 0 Å². The molecule has 0 aliphatic rings. The van der Waals surface area contributed by atoms with E-state index in [0.29, 0.717) is 11.3 Å². The van der Waals surface area contributed by atoms with E-state index >= 15 is 0 Å². The van der Waals surface area contributed by atoms with Gasteiger partial charge in [-0.1, -0.05) is 18.3 Å². The maximum Gasteiger partial charge on any atom is 0.321 e. The lowest BCUT2D eigenvalue weighted by atomic mass is 10.2. The number of aliphatic carboxylic acids is 1. The maximum atomic E-state index is 11.8. The number of carbonyl (C=O) groups is 1. The fraction of sp³-hybridized carbons (Fsp3) is 0.500. The van der Waals surface area contributed by atoms with Crippen LogP contribution in [-0.2, 0) is 14.8 Å². The van der Waals surface area contributed by atoms with Gasteiger partial charge in [0.25, 0.3) is 10.0 Å². The molecule has 0 saturated heterocycles. The van der Waals surface area contributed by atoms with E-state index in [-0.39, 0.29) is 16.3 Å². The van der Waals surface area contributed by atoms with Gasteiger partial charge in [-0.05, 0) is 13.3 Å². The molecule has 96 valence electrons. The minimum absolute atomic E-state index is 0.118. The highest BCUT2D eigenvalue weighted by molar-refractivity contribution is 7.91. The molecule has 0 amide bonds. The first kappa shape index (κ1) is 13.9. The summed E-state index contributed by atoms with van der Waals surface area (Å²) in [4.78, 5) is 23.6. The summed E-state index contributed by atoms with van der Waals surface area (Å²) in [5, 5.41) is 8.76. The van der Waals surface area contributed by atoms with Crippen LogP contribution < -0.4 is 9.60 Å². The third-order valence-electron chi connectivity index (χ3n) is 2.03. The Morgan fingerprint density at radius 1 is 1.59 bits per heavy atom. The molecule has 17 heavy (non-hydrogen) atoms. The van der Waals surface area contributed by atoms with Gasteiger partial charge in [-0.25, -0.2) is 8.42 Å². The average Bonchev–Trinajstić information content (AvgIpc) is 2.54. The van der Waals surface area contributed by atoms with Gasteiger partial charge in [0.15, 0.2) is 4.21 Å². The number of nitrogens with one attached hydrogen (secondary N) is 2. The van der Waals surface area contributed by atoms with E-state index in [1.807, 2.05) is 4.72 Å². The molecule has 1 atom stereocenters. The molecule has 0 bridgehead atoms. The molecule has 0 fully saturated rings. The van der Waals surface area contributed by atoms with Gasteiger partial charge in [0.05, 0.1) is 0 Å². The normalized spacial score (nSPS) is 13.5. The molecule has 1 rings (SSSR count). The Morgan fingerprint density at radius 2 is 2.18 bits per heavy atom. The monoisotopic (exact) mass is 280 g/mol. The molecule has 1 aromatic heterocycles. The molecular weight excluding hydrogens is 268 g/mol. The van der Waals surface area contributed by atoms with Crippen LogP contribution in [0.2, 0.25) is 0 Å². The van der Waals surface area contributed by atoms with Crippen molar-refractivity contribution in [2.45, 2.75) is 30.5 Å². The van der Waals surface area contributed by atoms with Crippen LogP contribution in [0.5, 0.6) is 0 Å². The van der Waals surface area contributed by atoms with Crippen molar-refractivity contribution < 1.29 is 18.3 Å².